The summed E-state index contributed by atoms with van der Waals surface area (Å²) in [6, 6.07) is 18.3. The molecule has 0 saturated carbocycles. The van der Waals surface area contributed by atoms with E-state index in [2.05, 4.69) is 43.4 Å². The van der Waals surface area contributed by atoms with Gasteiger partial charge in [-0.3, -0.25) is 4.79 Å². The van der Waals surface area contributed by atoms with E-state index < -0.39 is 0 Å². The molecular weight excluding hydrogens is 296 g/mol. The van der Waals surface area contributed by atoms with Gasteiger partial charge in [-0.15, -0.1) is 0 Å². The largest absolute Gasteiger partial charge is 0.321 e. The van der Waals surface area contributed by atoms with Gasteiger partial charge in [0.05, 0.1) is 13.1 Å². The van der Waals surface area contributed by atoms with Gasteiger partial charge < -0.3 is 10.2 Å². The second kappa shape index (κ2) is 7.63. The first-order valence-corrected chi connectivity index (χ1v) is 8.95. The van der Waals surface area contributed by atoms with Gasteiger partial charge in [0.25, 0.3) is 5.91 Å². The lowest BCUT2D eigenvalue weighted by molar-refractivity contribution is -0.909. The number of hydrogen-bond acceptors (Lipinski definition) is 1. The van der Waals surface area contributed by atoms with Crippen molar-refractivity contribution in [2.75, 3.05) is 18.4 Å². The molecule has 0 spiro atoms. The van der Waals surface area contributed by atoms with Crippen LogP contribution in [0.5, 0.6) is 0 Å². The Bertz CT molecular complexity index is 658. The molecule has 1 unspecified atom stereocenters. The van der Waals surface area contributed by atoms with Gasteiger partial charge in [0.1, 0.15) is 0 Å². The Kier molecular flexibility index (Phi) is 5.31. The molecule has 0 radical (unpaired) electrons. The van der Waals surface area contributed by atoms with Crippen LogP contribution in [0.3, 0.4) is 0 Å². The van der Waals surface area contributed by atoms with Crippen molar-refractivity contribution in [1.29, 1.82) is 0 Å². The van der Waals surface area contributed by atoms with Crippen molar-refractivity contribution >= 4 is 11.6 Å². The number of carbonyl (C=O) groups excluding carboxylic acids is 1. The van der Waals surface area contributed by atoms with Gasteiger partial charge in [0.15, 0.2) is 6.04 Å². The van der Waals surface area contributed by atoms with Crippen molar-refractivity contribution in [3.8, 4) is 0 Å². The molecule has 24 heavy (non-hydrogen) atoms. The van der Waals surface area contributed by atoms with Crippen molar-refractivity contribution < 1.29 is 9.69 Å². The minimum absolute atomic E-state index is 0.0930. The van der Waals surface area contributed by atoms with E-state index in [-0.39, 0.29) is 11.9 Å². The Labute approximate surface area is 144 Å². The molecule has 1 aliphatic heterocycles. The van der Waals surface area contributed by atoms with Crippen LogP contribution in [0.1, 0.15) is 49.8 Å². The highest BCUT2D eigenvalue weighted by atomic mass is 16.2. The summed E-state index contributed by atoms with van der Waals surface area (Å²) in [6.45, 7) is 6.49. The Hall–Kier alpha value is -2.13. The van der Waals surface area contributed by atoms with Gasteiger partial charge >= 0.3 is 0 Å². The third-order valence-electron chi connectivity index (χ3n) is 4.89. The third kappa shape index (κ3) is 3.85. The summed E-state index contributed by atoms with van der Waals surface area (Å²) in [7, 11) is 0. The lowest BCUT2D eigenvalue weighted by Crippen LogP contribution is -3.11. The summed E-state index contributed by atoms with van der Waals surface area (Å²) in [4.78, 5) is 14.4. The highest BCUT2D eigenvalue weighted by molar-refractivity contribution is 5.94. The average Bonchev–Trinajstić information content (AvgIpc) is 3.10. The Morgan fingerprint density at radius 3 is 2.12 bits per heavy atom. The molecule has 1 amide bonds. The van der Waals surface area contributed by atoms with Crippen molar-refractivity contribution in [2.45, 2.75) is 38.6 Å². The van der Waals surface area contributed by atoms with Gasteiger partial charge in [-0.2, -0.15) is 0 Å². The van der Waals surface area contributed by atoms with Crippen LogP contribution >= 0.6 is 0 Å². The molecule has 2 aromatic carbocycles. The maximum atomic E-state index is 13.0. The maximum Gasteiger partial charge on any atom is 0.287 e. The minimum atomic E-state index is -0.126. The van der Waals surface area contributed by atoms with E-state index in [0.29, 0.717) is 5.92 Å². The number of amides is 1. The van der Waals surface area contributed by atoms with Crippen molar-refractivity contribution in [1.82, 2.24) is 0 Å². The van der Waals surface area contributed by atoms with Crippen molar-refractivity contribution in [3.05, 3.63) is 65.7 Å². The zero-order valence-electron chi connectivity index (χ0n) is 14.6. The summed E-state index contributed by atoms with van der Waals surface area (Å²) >= 11 is 0. The number of likely N-dealkylation sites (tertiary alicyclic amines) is 1. The molecule has 2 aromatic rings. The molecule has 3 heteroatoms. The van der Waals surface area contributed by atoms with Crippen LogP contribution in [0, 0.1) is 0 Å². The van der Waals surface area contributed by atoms with Gasteiger partial charge in [0.2, 0.25) is 0 Å². The van der Waals surface area contributed by atoms with Crippen LogP contribution in [0.25, 0.3) is 0 Å². The second-order valence-electron chi connectivity index (χ2n) is 6.98. The van der Waals surface area contributed by atoms with E-state index in [1.165, 1.54) is 23.3 Å². The van der Waals surface area contributed by atoms with Gasteiger partial charge in [-0.1, -0.05) is 56.3 Å². The fourth-order valence-electron chi connectivity index (χ4n) is 3.50. The lowest BCUT2D eigenvalue weighted by atomic mass is 10.0. The molecule has 1 atom stereocenters. The smallest absolute Gasteiger partial charge is 0.287 e. The van der Waals surface area contributed by atoms with E-state index in [9.17, 15) is 4.79 Å². The topological polar surface area (TPSA) is 33.5 Å². The fourth-order valence-corrected chi connectivity index (χ4v) is 3.50. The van der Waals surface area contributed by atoms with E-state index in [1.807, 2.05) is 30.3 Å². The zero-order chi connectivity index (χ0) is 16.9. The minimum Gasteiger partial charge on any atom is -0.321 e. The number of nitrogens with one attached hydrogen (secondary N) is 2. The van der Waals surface area contributed by atoms with E-state index in [0.717, 1.165) is 24.3 Å². The van der Waals surface area contributed by atoms with Crippen molar-refractivity contribution in [3.63, 3.8) is 0 Å². The predicted octanol–water partition coefficient (Wildman–Crippen LogP) is 3.17. The normalized spacial score (nSPS) is 16.3. The third-order valence-corrected chi connectivity index (χ3v) is 4.89. The fraction of sp³-hybridized carbons (Fsp3) is 0.381. The summed E-state index contributed by atoms with van der Waals surface area (Å²) in [5.74, 6) is 0.594. The summed E-state index contributed by atoms with van der Waals surface area (Å²) in [6.07, 6.45) is 2.41. The Morgan fingerprint density at radius 2 is 1.54 bits per heavy atom. The van der Waals surface area contributed by atoms with Crippen LogP contribution < -0.4 is 10.2 Å². The van der Waals surface area contributed by atoms with Gasteiger partial charge in [-0.25, -0.2) is 0 Å². The molecule has 0 aliphatic carbocycles. The molecular formula is C21H27N2O+. The number of rotatable bonds is 5. The summed E-state index contributed by atoms with van der Waals surface area (Å²) in [5.41, 5.74) is 3.27. The monoisotopic (exact) mass is 323 g/mol. The molecule has 3 nitrogen and oxygen atoms in total. The average molecular weight is 323 g/mol. The second-order valence-corrected chi connectivity index (χ2v) is 6.98. The van der Waals surface area contributed by atoms with Gasteiger partial charge in [-0.05, 0) is 23.6 Å². The molecule has 1 fully saturated rings. The molecule has 1 heterocycles. The SMILES string of the molecule is CC(C)c1ccc(NC(=O)C(c2ccccc2)[NH+]2CCCC2)cc1. The Morgan fingerprint density at radius 1 is 0.917 bits per heavy atom. The van der Waals surface area contributed by atoms with E-state index in [1.54, 1.807) is 0 Å². The molecule has 126 valence electrons. The van der Waals surface area contributed by atoms with Gasteiger partial charge in [0, 0.05) is 24.1 Å². The molecule has 1 saturated heterocycles. The first-order valence-electron chi connectivity index (χ1n) is 8.95. The number of anilines is 1. The highest BCUT2D eigenvalue weighted by Crippen LogP contribution is 2.19. The molecule has 0 bridgehead atoms. The highest BCUT2D eigenvalue weighted by Gasteiger charge is 2.33. The molecule has 2 N–H and O–H groups in total. The molecule has 0 aromatic heterocycles. The van der Waals surface area contributed by atoms with Crippen LogP contribution in [-0.2, 0) is 4.79 Å². The maximum absolute atomic E-state index is 13.0. The van der Waals surface area contributed by atoms with Crippen LogP contribution in [0.2, 0.25) is 0 Å². The molecule has 1 aliphatic rings. The number of hydrogen-bond donors (Lipinski definition) is 2. The van der Waals surface area contributed by atoms with Crippen LogP contribution in [0.4, 0.5) is 5.69 Å². The Balaban J connectivity index is 1.78. The van der Waals surface area contributed by atoms with Crippen LogP contribution in [0.15, 0.2) is 54.6 Å². The van der Waals surface area contributed by atoms with Crippen molar-refractivity contribution in [2.24, 2.45) is 0 Å². The summed E-state index contributed by atoms with van der Waals surface area (Å²) < 4.78 is 0. The van der Waals surface area contributed by atoms with E-state index >= 15 is 0 Å². The molecule has 3 rings (SSSR count). The number of benzene rings is 2. The zero-order valence-corrected chi connectivity index (χ0v) is 14.6. The number of quaternary nitrogens is 1. The number of carbonyl (C=O) groups is 1. The van der Waals surface area contributed by atoms with E-state index in [4.69, 9.17) is 0 Å². The standard InChI is InChI=1S/C21H26N2O/c1-16(2)17-10-12-19(13-11-17)22-21(24)20(23-14-6-7-15-23)18-8-4-3-5-9-18/h3-5,8-13,16,20H,6-7,14-15H2,1-2H3,(H,22,24)/p+1. The van der Waals surface area contributed by atoms with Crippen LogP contribution in [-0.4, -0.2) is 19.0 Å². The first kappa shape index (κ1) is 16.7. The predicted molar refractivity (Wildman–Crippen MR) is 98.3 cm³/mol. The lowest BCUT2D eigenvalue weighted by Gasteiger charge is -2.24. The summed E-state index contributed by atoms with van der Waals surface area (Å²) in [5, 5.41) is 3.12. The quantitative estimate of drug-likeness (QED) is 0.871. The first-order chi connectivity index (χ1) is 11.6.